The van der Waals surface area contributed by atoms with Gasteiger partial charge < -0.3 is 4.74 Å². The fourth-order valence-electron chi connectivity index (χ4n) is 2.13. The number of hydrogen-bond acceptors (Lipinski definition) is 3. The zero-order valence-corrected chi connectivity index (χ0v) is 15.9. The summed E-state index contributed by atoms with van der Waals surface area (Å²) in [5.74, 6) is 2.75. The maximum atomic E-state index is 5.88. The van der Waals surface area contributed by atoms with Crippen LogP contribution in [0, 0.1) is 0 Å². The molecule has 0 bridgehead atoms. The molecule has 0 aliphatic heterocycles. The lowest BCUT2D eigenvalue weighted by Gasteiger charge is -2.11. The van der Waals surface area contributed by atoms with Gasteiger partial charge in [0.25, 0.3) is 0 Å². The number of hydrogen-bond donors (Lipinski definition) is 0. The van der Waals surface area contributed by atoms with Gasteiger partial charge in [-0.25, -0.2) is 0 Å². The number of ether oxygens (including phenoxy) is 1. The second-order valence-corrected chi connectivity index (χ2v) is 8.21. The quantitative estimate of drug-likeness (QED) is 0.360. The zero-order chi connectivity index (χ0) is 16.5. The number of benzene rings is 2. The minimum absolute atomic E-state index is 0.623. The van der Waals surface area contributed by atoms with Crippen molar-refractivity contribution in [1.29, 1.82) is 0 Å². The summed E-state index contributed by atoms with van der Waals surface area (Å²) in [6.45, 7) is 7.33. The Balaban J connectivity index is 1.83. The first kappa shape index (κ1) is 18.3. The van der Waals surface area contributed by atoms with E-state index in [-0.39, 0.29) is 0 Å². The van der Waals surface area contributed by atoms with E-state index in [4.69, 9.17) is 4.74 Å². The lowest BCUT2D eigenvalue weighted by atomic mass is 9.98. The van der Waals surface area contributed by atoms with E-state index < -0.39 is 0 Å². The van der Waals surface area contributed by atoms with Gasteiger partial charge in [-0.15, -0.1) is 0 Å². The molecule has 2 rings (SSSR count). The molecule has 1 atom stereocenters. The van der Waals surface area contributed by atoms with Crippen LogP contribution in [-0.4, -0.2) is 5.75 Å². The molecule has 1 nitrogen and oxygen atoms in total. The van der Waals surface area contributed by atoms with Gasteiger partial charge in [0.1, 0.15) is 12.4 Å². The zero-order valence-electron chi connectivity index (χ0n) is 14.2. The van der Waals surface area contributed by atoms with Gasteiger partial charge in [0.05, 0.1) is 0 Å². The molecule has 3 heteroatoms. The van der Waals surface area contributed by atoms with Gasteiger partial charge in [-0.1, -0.05) is 66.6 Å². The molecule has 23 heavy (non-hydrogen) atoms. The fraction of sp³-hybridized carbons (Fsp3) is 0.400. The predicted molar refractivity (Wildman–Crippen MR) is 105 cm³/mol. The van der Waals surface area contributed by atoms with Crippen molar-refractivity contribution in [3.63, 3.8) is 0 Å². The van der Waals surface area contributed by atoms with Crippen LogP contribution < -0.4 is 4.74 Å². The maximum Gasteiger partial charge on any atom is 0.119 e. The van der Waals surface area contributed by atoms with Gasteiger partial charge in [-0.05, 0) is 54.2 Å². The van der Waals surface area contributed by atoms with Crippen molar-refractivity contribution in [3.8, 4) is 5.75 Å². The normalized spacial score (nSPS) is 12.1. The molecule has 0 aliphatic rings. The van der Waals surface area contributed by atoms with Crippen molar-refractivity contribution in [2.45, 2.75) is 51.0 Å². The Hall–Kier alpha value is -1.06. The Labute approximate surface area is 148 Å². The lowest BCUT2D eigenvalue weighted by molar-refractivity contribution is 0.306. The Bertz CT molecular complexity index is 563. The Kier molecular flexibility index (Phi) is 7.90. The van der Waals surface area contributed by atoms with Crippen molar-refractivity contribution in [2.75, 3.05) is 5.75 Å². The minimum Gasteiger partial charge on any atom is -0.489 e. The summed E-state index contributed by atoms with van der Waals surface area (Å²) in [6, 6.07) is 17.2. The van der Waals surface area contributed by atoms with E-state index in [1.54, 1.807) is 0 Å². The average Bonchev–Trinajstić information content (AvgIpc) is 2.61. The summed E-state index contributed by atoms with van der Waals surface area (Å²) >= 11 is 0. The standard InChI is InChI=1S/C20H26OS2/c1-4-14-22-23-20-12-10-19(11-13-20)21-15-17-6-8-18(9-7-17)16(3)5-2/h6-13,16H,4-5,14-15H2,1-3H3. The second kappa shape index (κ2) is 9.94. The summed E-state index contributed by atoms with van der Waals surface area (Å²) in [5.41, 5.74) is 2.62. The van der Waals surface area contributed by atoms with E-state index >= 15 is 0 Å². The first-order valence-electron chi connectivity index (χ1n) is 8.34. The molecule has 1 unspecified atom stereocenters. The molecule has 2 aromatic carbocycles. The van der Waals surface area contributed by atoms with Crippen LogP contribution in [0.5, 0.6) is 5.75 Å². The molecule has 0 heterocycles. The molecule has 0 aromatic heterocycles. The van der Waals surface area contributed by atoms with E-state index in [1.807, 2.05) is 21.6 Å². The van der Waals surface area contributed by atoms with Gasteiger partial charge in [0.2, 0.25) is 0 Å². The third-order valence-corrected chi connectivity index (χ3v) is 6.42. The maximum absolute atomic E-state index is 5.88. The van der Waals surface area contributed by atoms with Gasteiger partial charge in [0, 0.05) is 10.6 Å². The Morgan fingerprint density at radius 1 is 0.957 bits per heavy atom. The van der Waals surface area contributed by atoms with Crippen molar-refractivity contribution in [3.05, 3.63) is 59.7 Å². The van der Waals surface area contributed by atoms with E-state index in [2.05, 4.69) is 69.3 Å². The first-order valence-corrected chi connectivity index (χ1v) is 10.7. The van der Waals surface area contributed by atoms with Gasteiger partial charge >= 0.3 is 0 Å². The highest BCUT2D eigenvalue weighted by Gasteiger charge is 2.03. The monoisotopic (exact) mass is 346 g/mol. The molecule has 2 aromatic rings. The summed E-state index contributed by atoms with van der Waals surface area (Å²) in [6.07, 6.45) is 2.39. The van der Waals surface area contributed by atoms with E-state index in [0.29, 0.717) is 12.5 Å². The van der Waals surface area contributed by atoms with Gasteiger partial charge in [0.15, 0.2) is 0 Å². The van der Waals surface area contributed by atoms with E-state index in [1.165, 1.54) is 34.6 Å². The highest BCUT2D eigenvalue weighted by molar-refractivity contribution is 8.76. The summed E-state index contributed by atoms with van der Waals surface area (Å²) in [4.78, 5) is 1.29. The second-order valence-electron chi connectivity index (χ2n) is 5.72. The van der Waals surface area contributed by atoms with Crippen molar-refractivity contribution in [1.82, 2.24) is 0 Å². The van der Waals surface area contributed by atoms with E-state index in [0.717, 1.165) is 5.75 Å². The van der Waals surface area contributed by atoms with Crippen molar-refractivity contribution >= 4 is 21.6 Å². The largest absolute Gasteiger partial charge is 0.489 e. The molecule has 0 radical (unpaired) electrons. The molecule has 0 spiro atoms. The van der Waals surface area contributed by atoms with Crippen LogP contribution in [0.15, 0.2) is 53.4 Å². The smallest absolute Gasteiger partial charge is 0.119 e. The lowest BCUT2D eigenvalue weighted by Crippen LogP contribution is -1.97. The Morgan fingerprint density at radius 3 is 2.26 bits per heavy atom. The molecular weight excluding hydrogens is 320 g/mol. The van der Waals surface area contributed by atoms with Crippen LogP contribution >= 0.6 is 21.6 Å². The van der Waals surface area contributed by atoms with Gasteiger partial charge in [-0.3, -0.25) is 0 Å². The Morgan fingerprint density at radius 2 is 1.65 bits per heavy atom. The molecule has 0 aliphatic carbocycles. The van der Waals surface area contributed by atoms with Crippen LogP contribution in [0.3, 0.4) is 0 Å². The minimum atomic E-state index is 0.623. The molecule has 0 saturated heterocycles. The molecular formula is C20H26OS2. The van der Waals surface area contributed by atoms with Crippen molar-refractivity contribution < 1.29 is 4.74 Å². The van der Waals surface area contributed by atoms with Crippen LogP contribution in [0.4, 0.5) is 0 Å². The highest BCUT2D eigenvalue weighted by Crippen LogP contribution is 2.32. The third kappa shape index (κ3) is 6.15. The van der Waals surface area contributed by atoms with Gasteiger partial charge in [-0.2, -0.15) is 0 Å². The molecule has 0 saturated carbocycles. The third-order valence-electron chi connectivity index (χ3n) is 3.83. The topological polar surface area (TPSA) is 9.23 Å². The van der Waals surface area contributed by atoms with Crippen LogP contribution in [0.25, 0.3) is 0 Å². The SMILES string of the molecule is CCCSSc1ccc(OCc2ccc(C(C)CC)cc2)cc1. The molecule has 0 N–H and O–H groups in total. The first-order chi connectivity index (χ1) is 11.2. The highest BCUT2D eigenvalue weighted by atomic mass is 33.1. The van der Waals surface area contributed by atoms with E-state index in [9.17, 15) is 0 Å². The molecule has 0 fully saturated rings. The van der Waals surface area contributed by atoms with Crippen molar-refractivity contribution in [2.24, 2.45) is 0 Å². The van der Waals surface area contributed by atoms with Crippen LogP contribution in [-0.2, 0) is 6.61 Å². The predicted octanol–water partition coefficient (Wildman–Crippen LogP) is 6.93. The summed E-state index contributed by atoms with van der Waals surface area (Å²) < 4.78 is 5.88. The number of rotatable bonds is 9. The fourth-order valence-corrected chi connectivity index (χ4v) is 4.25. The van der Waals surface area contributed by atoms with Crippen LogP contribution in [0.2, 0.25) is 0 Å². The molecule has 124 valence electrons. The van der Waals surface area contributed by atoms with Crippen LogP contribution in [0.1, 0.15) is 50.7 Å². The molecule has 0 amide bonds. The summed E-state index contributed by atoms with van der Waals surface area (Å²) in [5, 5.41) is 0. The summed E-state index contributed by atoms with van der Waals surface area (Å²) in [7, 11) is 3.74. The average molecular weight is 347 g/mol.